The standard InChI is InChI=1S/C12H16N6O2/c1-7-5-3-4-6-9(7)15-11(19)10(18-20)8(2)16-17-12(13)14/h3-6,20H,1-2H3,(H,15,19)(H4,13,14,17)/b16-8+,18-10+. The average Bonchev–Trinajstić information content (AvgIpc) is 2.40. The number of para-hydroxylation sites is 1. The van der Waals surface area contributed by atoms with Crippen LogP contribution in [0.3, 0.4) is 0 Å². The van der Waals surface area contributed by atoms with Gasteiger partial charge in [0.1, 0.15) is 0 Å². The quantitative estimate of drug-likeness (QED) is 0.274. The maximum Gasteiger partial charge on any atom is 0.279 e. The van der Waals surface area contributed by atoms with Crippen molar-refractivity contribution >= 4 is 29.0 Å². The summed E-state index contributed by atoms with van der Waals surface area (Å²) in [6.45, 7) is 3.28. The molecule has 0 spiro atoms. The summed E-state index contributed by atoms with van der Waals surface area (Å²) in [5, 5.41) is 21.4. The number of aryl methyl sites for hydroxylation is 1. The molecule has 0 aliphatic rings. The van der Waals surface area contributed by atoms with Gasteiger partial charge in [-0.25, -0.2) is 0 Å². The van der Waals surface area contributed by atoms with E-state index in [0.29, 0.717) is 5.69 Å². The summed E-state index contributed by atoms with van der Waals surface area (Å²) >= 11 is 0. The zero-order valence-corrected chi connectivity index (χ0v) is 11.2. The fraction of sp³-hybridized carbons (Fsp3) is 0.167. The lowest BCUT2D eigenvalue weighted by Gasteiger charge is -2.08. The van der Waals surface area contributed by atoms with Gasteiger partial charge in [-0.3, -0.25) is 4.79 Å². The van der Waals surface area contributed by atoms with Gasteiger partial charge < -0.3 is 22.0 Å². The maximum absolute atomic E-state index is 12.0. The van der Waals surface area contributed by atoms with Crippen LogP contribution < -0.4 is 16.8 Å². The molecule has 106 valence electrons. The maximum atomic E-state index is 12.0. The van der Waals surface area contributed by atoms with Crippen molar-refractivity contribution in [3.63, 3.8) is 0 Å². The van der Waals surface area contributed by atoms with E-state index in [1.165, 1.54) is 6.92 Å². The van der Waals surface area contributed by atoms with Gasteiger partial charge in [0.05, 0.1) is 5.71 Å². The van der Waals surface area contributed by atoms with Crippen LogP contribution in [0.25, 0.3) is 0 Å². The number of benzene rings is 1. The molecular weight excluding hydrogens is 260 g/mol. The predicted molar refractivity (Wildman–Crippen MR) is 77.9 cm³/mol. The molecule has 20 heavy (non-hydrogen) atoms. The zero-order valence-electron chi connectivity index (χ0n) is 11.2. The lowest BCUT2D eigenvalue weighted by atomic mass is 10.2. The number of hydrogen-bond donors (Lipinski definition) is 4. The molecule has 1 rings (SSSR count). The van der Waals surface area contributed by atoms with E-state index in [2.05, 4.69) is 20.7 Å². The van der Waals surface area contributed by atoms with Gasteiger partial charge in [0.15, 0.2) is 5.71 Å². The highest BCUT2D eigenvalue weighted by Crippen LogP contribution is 2.13. The monoisotopic (exact) mass is 276 g/mol. The van der Waals surface area contributed by atoms with E-state index in [4.69, 9.17) is 16.7 Å². The smallest absolute Gasteiger partial charge is 0.279 e. The van der Waals surface area contributed by atoms with Crippen LogP contribution in [-0.2, 0) is 4.79 Å². The molecule has 0 saturated heterocycles. The normalized spacial score (nSPS) is 11.9. The van der Waals surface area contributed by atoms with Crippen molar-refractivity contribution in [2.45, 2.75) is 13.8 Å². The van der Waals surface area contributed by atoms with Crippen LogP contribution in [0.1, 0.15) is 12.5 Å². The fourth-order valence-electron chi connectivity index (χ4n) is 1.36. The van der Waals surface area contributed by atoms with Crippen LogP contribution in [-0.4, -0.2) is 28.5 Å². The fourth-order valence-corrected chi connectivity index (χ4v) is 1.36. The summed E-state index contributed by atoms with van der Waals surface area (Å²) in [7, 11) is 0. The second-order valence-corrected chi connectivity index (χ2v) is 3.93. The summed E-state index contributed by atoms with van der Waals surface area (Å²) in [5.41, 5.74) is 11.5. The molecular formula is C12H16N6O2. The molecule has 0 fully saturated rings. The van der Waals surface area contributed by atoms with Gasteiger partial charge in [0.2, 0.25) is 5.96 Å². The van der Waals surface area contributed by atoms with E-state index in [0.717, 1.165) is 5.56 Å². The molecule has 1 amide bonds. The van der Waals surface area contributed by atoms with E-state index in [-0.39, 0.29) is 17.4 Å². The Morgan fingerprint density at radius 1 is 1.25 bits per heavy atom. The first-order chi connectivity index (χ1) is 9.45. The number of nitrogens with one attached hydrogen (secondary N) is 1. The number of nitrogens with zero attached hydrogens (tertiary/aromatic N) is 3. The number of carbonyl (C=O) groups is 1. The van der Waals surface area contributed by atoms with Crippen LogP contribution in [0.15, 0.2) is 39.6 Å². The Labute approximate surface area is 115 Å². The van der Waals surface area contributed by atoms with Gasteiger partial charge in [0, 0.05) is 5.69 Å². The molecule has 0 aliphatic heterocycles. The summed E-state index contributed by atoms with van der Waals surface area (Å²) in [6.07, 6.45) is 0. The van der Waals surface area contributed by atoms with Crippen molar-refractivity contribution in [1.29, 1.82) is 0 Å². The molecule has 0 radical (unpaired) electrons. The Balaban J connectivity index is 2.92. The Bertz CT molecular complexity index is 587. The molecule has 8 nitrogen and oxygen atoms in total. The molecule has 8 heteroatoms. The number of oxime groups is 1. The molecule has 6 N–H and O–H groups in total. The van der Waals surface area contributed by atoms with Crippen molar-refractivity contribution in [3.05, 3.63) is 29.8 Å². The number of amides is 1. The van der Waals surface area contributed by atoms with Crippen LogP contribution >= 0.6 is 0 Å². The average molecular weight is 276 g/mol. The van der Waals surface area contributed by atoms with Crippen LogP contribution in [0, 0.1) is 6.92 Å². The Kier molecular flexibility index (Phi) is 5.21. The highest BCUT2D eigenvalue weighted by molar-refractivity contribution is 6.68. The molecule has 0 atom stereocenters. The summed E-state index contributed by atoms with van der Waals surface area (Å²) in [4.78, 5) is 12.0. The Morgan fingerprint density at radius 2 is 1.90 bits per heavy atom. The first-order valence-electron chi connectivity index (χ1n) is 5.68. The van der Waals surface area contributed by atoms with Crippen molar-refractivity contribution in [2.75, 3.05) is 5.32 Å². The predicted octanol–water partition coefficient (Wildman–Crippen LogP) is 0.413. The van der Waals surface area contributed by atoms with E-state index < -0.39 is 5.91 Å². The zero-order chi connectivity index (χ0) is 15.1. The molecule has 0 aromatic heterocycles. The minimum Gasteiger partial charge on any atom is -0.410 e. The minimum atomic E-state index is -0.617. The highest BCUT2D eigenvalue weighted by atomic mass is 16.4. The third-order valence-corrected chi connectivity index (χ3v) is 2.37. The number of nitrogens with two attached hydrogens (primary N) is 2. The number of guanidine groups is 1. The molecule has 0 bridgehead atoms. The van der Waals surface area contributed by atoms with E-state index in [9.17, 15) is 4.79 Å². The SMILES string of the molecule is CC(=N\N=C(N)N)/C(=N\O)C(=O)Nc1ccccc1C. The van der Waals surface area contributed by atoms with E-state index >= 15 is 0 Å². The largest absolute Gasteiger partial charge is 0.410 e. The summed E-state index contributed by atoms with van der Waals surface area (Å²) < 4.78 is 0. The second-order valence-electron chi connectivity index (χ2n) is 3.93. The van der Waals surface area contributed by atoms with Gasteiger partial charge in [-0.15, -0.1) is 10.2 Å². The Hall–Kier alpha value is -2.90. The topological polar surface area (TPSA) is 138 Å². The first-order valence-corrected chi connectivity index (χ1v) is 5.68. The number of carbonyl (C=O) groups excluding carboxylic acids is 1. The molecule has 1 aromatic carbocycles. The third kappa shape index (κ3) is 4.09. The van der Waals surface area contributed by atoms with E-state index in [1.807, 2.05) is 19.1 Å². The summed E-state index contributed by atoms with van der Waals surface area (Å²) in [5.74, 6) is -0.880. The highest BCUT2D eigenvalue weighted by Gasteiger charge is 2.16. The number of anilines is 1. The third-order valence-electron chi connectivity index (χ3n) is 2.37. The number of rotatable bonds is 4. The Morgan fingerprint density at radius 3 is 2.45 bits per heavy atom. The van der Waals surface area contributed by atoms with Crippen molar-refractivity contribution in [3.8, 4) is 0 Å². The molecule has 0 heterocycles. The second kappa shape index (κ2) is 6.88. The van der Waals surface area contributed by atoms with Crippen molar-refractivity contribution < 1.29 is 10.0 Å². The molecule has 0 aliphatic carbocycles. The molecule has 1 aromatic rings. The van der Waals surface area contributed by atoms with Crippen molar-refractivity contribution in [1.82, 2.24) is 0 Å². The van der Waals surface area contributed by atoms with Crippen molar-refractivity contribution in [2.24, 2.45) is 26.8 Å². The first kappa shape index (κ1) is 15.2. The van der Waals surface area contributed by atoms with Gasteiger partial charge in [-0.1, -0.05) is 23.4 Å². The van der Waals surface area contributed by atoms with Gasteiger partial charge >= 0.3 is 0 Å². The van der Waals surface area contributed by atoms with Gasteiger partial charge in [0.25, 0.3) is 5.91 Å². The number of hydrogen-bond acceptors (Lipinski definition) is 5. The van der Waals surface area contributed by atoms with Crippen LogP contribution in [0.5, 0.6) is 0 Å². The molecule has 0 saturated carbocycles. The van der Waals surface area contributed by atoms with Crippen LogP contribution in [0.2, 0.25) is 0 Å². The lowest BCUT2D eigenvalue weighted by molar-refractivity contribution is -0.110. The lowest BCUT2D eigenvalue weighted by Crippen LogP contribution is -2.29. The van der Waals surface area contributed by atoms with Gasteiger partial charge in [-0.05, 0) is 25.5 Å². The summed E-state index contributed by atoms with van der Waals surface area (Å²) in [6, 6.07) is 7.19. The van der Waals surface area contributed by atoms with Crippen LogP contribution in [0.4, 0.5) is 5.69 Å². The van der Waals surface area contributed by atoms with E-state index in [1.54, 1.807) is 12.1 Å². The minimum absolute atomic E-state index is 0.0759. The molecule has 0 unspecified atom stereocenters. The van der Waals surface area contributed by atoms with Gasteiger partial charge in [-0.2, -0.15) is 0 Å².